The smallest absolute Gasteiger partial charge is 0.325 e. The van der Waals surface area contributed by atoms with Crippen LogP contribution in [0.5, 0.6) is 0 Å². The molecule has 2 saturated heterocycles. The number of hydrogen-bond donors (Lipinski definition) is 3. The van der Waals surface area contributed by atoms with Crippen LogP contribution in [0.1, 0.15) is 57.8 Å². The summed E-state index contributed by atoms with van der Waals surface area (Å²) in [7, 11) is 0. The van der Waals surface area contributed by atoms with Gasteiger partial charge in [0, 0.05) is 45.1 Å². The summed E-state index contributed by atoms with van der Waals surface area (Å²) in [4.78, 5) is 52.4. The van der Waals surface area contributed by atoms with Crippen molar-refractivity contribution >= 4 is 36.2 Å². The number of imide groups is 1. The minimum absolute atomic E-state index is 0. The molecule has 0 bridgehead atoms. The zero-order chi connectivity index (χ0) is 20.1. The Morgan fingerprint density at radius 1 is 1.14 bits per heavy atom. The van der Waals surface area contributed by atoms with Crippen molar-refractivity contribution in [2.24, 2.45) is 5.73 Å². The summed E-state index contributed by atoms with van der Waals surface area (Å²) < 4.78 is 0. The highest BCUT2D eigenvalue weighted by Crippen LogP contribution is 2.35. The molecule has 0 aromatic carbocycles. The fourth-order valence-corrected chi connectivity index (χ4v) is 4.54. The first kappa shape index (κ1) is 23.4. The van der Waals surface area contributed by atoms with Crippen molar-refractivity contribution in [3.63, 3.8) is 0 Å². The molecule has 9 nitrogen and oxygen atoms in total. The molecule has 29 heavy (non-hydrogen) atoms. The van der Waals surface area contributed by atoms with Crippen LogP contribution in [0.4, 0.5) is 4.79 Å². The first-order valence-electron chi connectivity index (χ1n) is 10.4. The van der Waals surface area contributed by atoms with Crippen LogP contribution in [-0.2, 0) is 14.4 Å². The molecular formula is C19H32ClN5O4. The molecule has 0 radical (unpaired) electrons. The highest BCUT2D eigenvalue weighted by Gasteiger charge is 2.52. The van der Waals surface area contributed by atoms with E-state index in [-0.39, 0.29) is 61.6 Å². The van der Waals surface area contributed by atoms with E-state index < -0.39 is 5.54 Å². The van der Waals surface area contributed by atoms with E-state index in [0.29, 0.717) is 32.5 Å². The molecule has 1 saturated carbocycles. The second-order valence-corrected chi connectivity index (χ2v) is 8.01. The van der Waals surface area contributed by atoms with Crippen LogP contribution in [0.15, 0.2) is 0 Å². The molecule has 10 heteroatoms. The fourth-order valence-electron chi connectivity index (χ4n) is 4.54. The van der Waals surface area contributed by atoms with E-state index in [0.717, 1.165) is 32.1 Å². The second-order valence-electron chi connectivity index (χ2n) is 8.01. The Kier molecular flexibility index (Phi) is 8.27. The molecule has 5 amide bonds. The third-order valence-electron chi connectivity index (χ3n) is 6.11. The molecule has 1 atom stereocenters. The summed E-state index contributed by atoms with van der Waals surface area (Å²) >= 11 is 0. The zero-order valence-electron chi connectivity index (χ0n) is 16.8. The van der Waals surface area contributed by atoms with Crippen LogP contribution in [0.2, 0.25) is 0 Å². The summed E-state index contributed by atoms with van der Waals surface area (Å²) in [6.07, 6.45) is 6.38. The lowest BCUT2D eigenvalue weighted by atomic mass is 9.98. The number of amides is 5. The minimum Gasteiger partial charge on any atom is -0.354 e. The number of carbonyl (C=O) groups is 4. The maximum Gasteiger partial charge on any atom is 0.325 e. The van der Waals surface area contributed by atoms with Crippen molar-refractivity contribution in [2.45, 2.75) is 69.4 Å². The number of rotatable bonds is 7. The van der Waals surface area contributed by atoms with Crippen LogP contribution in [0, 0.1) is 0 Å². The van der Waals surface area contributed by atoms with Gasteiger partial charge in [-0.25, -0.2) is 4.79 Å². The van der Waals surface area contributed by atoms with E-state index in [2.05, 4.69) is 10.6 Å². The largest absolute Gasteiger partial charge is 0.354 e. The number of nitrogens with two attached hydrogens (primary N) is 1. The summed E-state index contributed by atoms with van der Waals surface area (Å²) in [5.41, 5.74) is 4.65. The van der Waals surface area contributed by atoms with Crippen molar-refractivity contribution in [1.29, 1.82) is 0 Å². The number of halogens is 1. The van der Waals surface area contributed by atoms with Gasteiger partial charge in [-0.2, -0.15) is 0 Å². The van der Waals surface area contributed by atoms with Gasteiger partial charge in [-0.3, -0.25) is 19.3 Å². The summed E-state index contributed by atoms with van der Waals surface area (Å²) in [5, 5.41) is 5.68. The normalized spacial score (nSPS) is 23.1. The van der Waals surface area contributed by atoms with Crippen LogP contribution < -0.4 is 16.4 Å². The van der Waals surface area contributed by atoms with Crippen molar-refractivity contribution in [2.75, 3.05) is 26.2 Å². The average Bonchev–Trinajstić information content (AvgIpc) is 3.24. The van der Waals surface area contributed by atoms with Gasteiger partial charge in [0.2, 0.25) is 11.8 Å². The average molecular weight is 430 g/mol. The Morgan fingerprint density at radius 2 is 1.86 bits per heavy atom. The van der Waals surface area contributed by atoms with Crippen LogP contribution in [0.25, 0.3) is 0 Å². The Morgan fingerprint density at radius 3 is 2.55 bits per heavy atom. The third-order valence-corrected chi connectivity index (χ3v) is 6.11. The summed E-state index contributed by atoms with van der Waals surface area (Å²) in [5.74, 6) is -0.376. The molecule has 4 N–H and O–H groups in total. The third kappa shape index (κ3) is 5.19. The lowest BCUT2D eigenvalue weighted by Crippen LogP contribution is -2.50. The monoisotopic (exact) mass is 429 g/mol. The van der Waals surface area contributed by atoms with Crippen molar-refractivity contribution < 1.29 is 19.2 Å². The molecule has 3 fully saturated rings. The first-order valence-corrected chi connectivity index (χ1v) is 10.4. The quantitative estimate of drug-likeness (QED) is 0.508. The second kappa shape index (κ2) is 10.2. The number of nitrogens with zero attached hydrogens (tertiary/aromatic N) is 2. The molecule has 3 rings (SSSR count). The summed E-state index contributed by atoms with van der Waals surface area (Å²) in [6, 6.07) is -0.434. The number of hydrogen-bond acceptors (Lipinski definition) is 5. The molecular weight excluding hydrogens is 398 g/mol. The maximum absolute atomic E-state index is 12.8. The molecule has 164 valence electrons. The first-order chi connectivity index (χ1) is 13.5. The number of carbonyl (C=O) groups excluding carboxylic acids is 4. The Hall–Kier alpha value is -1.87. The van der Waals surface area contributed by atoms with E-state index in [1.807, 2.05) is 0 Å². The highest BCUT2D eigenvalue weighted by atomic mass is 35.5. The van der Waals surface area contributed by atoms with E-state index in [1.54, 1.807) is 4.90 Å². The highest BCUT2D eigenvalue weighted by molar-refractivity contribution is 6.07. The summed E-state index contributed by atoms with van der Waals surface area (Å²) in [6.45, 7) is 1.46. The van der Waals surface area contributed by atoms with E-state index >= 15 is 0 Å². The minimum atomic E-state index is -0.735. The Balaban J connectivity index is 0.00000300. The molecule has 3 aliphatic rings. The van der Waals surface area contributed by atoms with Gasteiger partial charge in [0.25, 0.3) is 5.91 Å². The zero-order valence-corrected chi connectivity index (χ0v) is 17.6. The topological polar surface area (TPSA) is 125 Å². The van der Waals surface area contributed by atoms with Gasteiger partial charge in [0.05, 0.1) is 0 Å². The van der Waals surface area contributed by atoms with Gasteiger partial charge < -0.3 is 21.3 Å². The van der Waals surface area contributed by atoms with Gasteiger partial charge in [0.1, 0.15) is 5.54 Å². The van der Waals surface area contributed by atoms with Crippen LogP contribution in [-0.4, -0.2) is 71.3 Å². The Labute approximate surface area is 177 Å². The molecule has 1 aliphatic carbocycles. The van der Waals surface area contributed by atoms with E-state index in [9.17, 15) is 19.2 Å². The number of piperidine rings is 1. The van der Waals surface area contributed by atoms with Gasteiger partial charge >= 0.3 is 6.03 Å². The molecule has 1 unspecified atom stereocenters. The molecule has 0 aromatic rings. The lowest BCUT2D eigenvalue weighted by molar-refractivity contribution is -0.136. The van der Waals surface area contributed by atoms with E-state index in [4.69, 9.17) is 5.73 Å². The predicted molar refractivity (Wildman–Crippen MR) is 109 cm³/mol. The number of urea groups is 1. The van der Waals surface area contributed by atoms with Gasteiger partial charge in [-0.1, -0.05) is 12.8 Å². The van der Waals surface area contributed by atoms with E-state index in [1.165, 1.54) is 4.90 Å². The number of nitrogens with one attached hydrogen (secondary N) is 2. The molecule has 2 heterocycles. The lowest BCUT2D eigenvalue weighted by Gasteiger charge is -2.36. The van der Waals surface area contributed by atoms with Crippen molar-refractivity contribution in [1.82, 2.24) is 20.4 Å². The molecule has 0 aromatic heterocycles. The van der Waals surface area contributed by atoms with Crippen molar-refractivity contribution in [3.8, 4) is 0 Å². The number of likely N-dealkylation sites (tertiary alicyclic amines) is 1. The van der Waals surface area contributed by atoms with Gasteiger partial charge in [-0.05, 0) is 32.1 Å². The van der Waals surface area contributed by atoms with Crippen molar-refractivity contribution in [3.05, 3.63) is 0 Å². The van der Waals surface area contributed by atoms with Crippen LogP contribution in [0.3, 0.4) is 0 Å². The van der Waals surface area contributed by atoms with Gasteiger partial charge in [0.15, 0.2) is 0 Å². The standard InChI is InChI=1S/C19H31N5O4.ClH/c20-10-6-15(25)21-13-14-5-1-4-11-23(14)16(26)7-12-24-17(27)19(22-18(24)28)8-2-3-9-19;/h14H,1-13,20H2,(H,21,25)(H,22,28);1H. The maximum atomic E-state index is 12.8. The molecule has 2 aliphatic heterocycles. The van der Waals surface area contributed by atoms with Crippen LogP contribution >= 0.6 is 12.4 Å². The Bertz CT molecular complexity index is 638. The predicted octanol–water partition coefficient (Wildman–Crippen LogP) is 0.509. The fraction of sp³-hybridized carbons (Fsp3) is 0.789. The SMILES string of the molecule is Cl.NCCC(=O)NCC1CCCCN1C(=O)CCN1C(=O)NC2(CCCC2)C1=O. The molecule has 1 spiro atoms. The van der Waals surface area contributed by atoms with Gasteiger partial charge in [-0.15, -0.1) is 12.4 Å².